The van der Waals surface area contributed by atoms with Crippen LogP contribution in [-0.4, -0.2) is 11.1 Å². The first-order chi connectivity index (χ1) is 5.07. The summed E-state index contributed by atoms with van der Waals surface area (Å²) in [6, 6.07) is 0. The van der Waals surface area contributed by atoms with Crippen molar-refractivity contribution in [1.29, 1.82) is 0 Å². The molecule has 74 valence electrons. The van der Waals surface area contributed by atoms with Gasteiger partial charge in [0.25, 0.3) is 0 Å². The molecule has 0 aliphatic carbocycles. The van der Waals surface area contributed by atoms with Gasteiger partial charge in [0.2, 0.25) is 0 Å². The number of quaternary nitrogens is 2. The molecule has 12 heavy (non-hydrogen) atoms. The van der Waals surface area contributed by atoms with E-state index in [1.807, 2.05) is 0 Å². The zero-order chi connectivity index (χ0) is 10.2. The second-order valence-electron chi connectivity index (χ2n) is 5.16. The minimum absolute atomic E-state index is 0.282. The van der Waals surface area contributed by atoms with Crippen molar-refractivity contribution in [1.82, 2.24) is 0 Å². The van der Waals surface area contributed by atoms with E-state index in [0.29, 0.717) is 0 Å². The van der Waals surface area contributed by atoms with Crippen LogP contribution >= 0.6 is 0 Å². The highest BCUT2D eigenvalue weighted by Crippen LogP contribution is 1.92. The molecule has 0 aromatic carbocycles. The predicted molar refractivity (Wildman–Crippen MR) is 48.2 cm³/mol. The van der Waals surface area contributed by atoms with E-state index >= 15 is 0 Å². The van der Waals surface area contributed by atoms with Crippen LogP contribution in [0, 0.1) is 10.4 Å². The maximum atomic E-state index is 11.5. The number of hydrogen-bond acceptors (Lipinski definition) is 2. The van der Waals surface area contributed by atoms with Gasteiger partial charge in [-0.3, -0.25) is 0 Å². The first kappa shape index (κ1) is 11.8. The molecule has 0 aliphatic rings. The molecule has 0 aromatic rings. The second kappa shape index (κ2) is 3.30. The third kappa shape index (κ3) is 3.06. The summed E-state index contributed by atoms with van der Waals surface area (Å²) in [5, 5.41) is 22.4. The van der Waals surface area contributed by atoms with Gasteiger partial charge in [0, 0.05) is 0 Å². The van der Waals surface area contributed by atoms with Crippen LogP contribution < -0.4 is 10.3 Å². The summed E-state index contributed by atoms with van der Waals surface area (Å²) in [4.78, 5) is 0. The fraction of sp³-hybridized carbons (Fsp3) is 1.00. The molecule has 0 amide bonds. The van der Waals surface area contributed by atoms with E-state index in [-0.39, 0.29) is 10.3 Å². The van der Waals surface area contributed by atoms with E-state index in [1.165, 1.54) is 0 Å². The van der Waals surface area contributed by atoms with Gasteiger partial charge in [0.1, 0.15) is 11.1 Å². The van der Waals surface area contributed by atoms with Gasteiger partial charge in [-0.05, 0) is 41.5 Å². The van der Waals surface area contributed by atoms with E-state index < -0.39 is 11.1 Å². The SMILES string of the molecule is CC(C)(C)[NH+]([O-])[NH+]([O-])C(C)(C)C. The lowest BCUT2D eigenvalue weighted by atomic mass is 10.1. The van der Waals surface area contributed by atoms with Crippen molar-refractivity contribution in [2.24, 2.45) is 0 Å². The van der Waals surface area contributed by atoms with Crippen LogP contribution in [0.25, 0.3) is 0 Å². The monoisotopic (exact) mass is 176 g/mol. The molecule has 0 bridgehead atoms. The smallest absolute Gasteiger partial charge is 0.132 e. The van der Waals surface area contributed by atoms with E-state index in [2.05, 4.69) is 0 Å². The van der Waals surface area contributed by atoms with Gasteiger partial charge in [-0.2, -0.15) is 0 Å². The number of rotatable bonds is 1. The molecule has 0 spiro atoms. The summed E-state index contributed by atoms with van der Waals surface area (Å²) in [6.07, 6.45) is 0. The summed E-state index contributed by atoms with van der Waals surface area (Å²) < 4.78 is 0. The fourth-order valence-corrected chi connectivity index (χ4v) is 0.681. The average Bonchev–Trinajstić information content (AvgIpc) is 1.80. The zero-order valence-corrected chi connectivity index (χ0v) is 8.82. The summed E-state index contributed by atoms with van der Waals surface area (Å²) in [6.45, 7) is 10.6. The third-order valence-corrected chi connectivity index (χ3v) is 1.57. The zero-order valence-electron chi connectivity index (χ0n) is 8.82. The molecule has 0 radical (unpaired) electrons. The molecule has 2 unspecified atom stereocenters. The van der Waals surface area contributed by atoms with Gasteiger partial charge < -0.3 is 10.4 Å². The molecule has 2 N–H and O–H groups in total. The van der Waals surface area contributed by atoms with E-state index in [4.69, 9.17) is 0 Å². The maximum Gasteiger partial charge on any atom is 0.132 e. The Hall–Kier alpha value is -0.160. The minimum Gasteiger partial charge on any atom is -0.583 e. The van der Waals surface area contributed by atoms with E-state index in [1.54, 1.807) is 41.5 Å². The lowest BCUT2D eigenvalue weighted by Gasteiger charge is -2.46. The fourth-order valence-electron chi connectivity index (χ4n) is 0.681. The van der Waals surface area contributed by atoms with Crippen molar-refractivity contribution in [3.05, 3.63) is 10.4 Å². The Kier molecular flexibility index (Phi) is 3.25. The highest BCUT2D eigenvalue weighted by atomic mass is 16.7. The van der Waals surface area contributed by atoms with E-state index in [9.17, 15) is 10.4 Å². The Bertz CT molecular complexity index is 128. The van der Waals surface area contributed by atoms with Gasteiger partial charge in [0.05, 0.1) is 0 Å². The molecule has 0 aliphatic heterocycles. The predicted octanol–water partition coefficient (Wildman–Crippen LogP) is -0.736. The topological polar surface area (TPSA) is 55.0 Å². The van der Waals surface area contributed by atoms with Crippen molar-refractivity contribution in [3.63, 3.8) is 0 Å². The Morgan fingerprint density at radius 3 is 0.917 bits per heavy atom. The quantitative estimate of drug-likeness (QED) is 0.517. The summed E-state index contributed by atoms with van der Waals surface area (Å²) in [7, 11) is 0. The summed E-state index contributed by atoms with van der Waals surface area (Å²) >= 11 is 0. The highest BCUT2D eigenvalue weighted by Gasteiger charge is 2.30. The minimum atomic E-state index is -0.551. The van der Waals surface area contributed by atoms with Crippen molar-refractivity contribution >= 4 is 0 Å². The average molecular weight is 176 g/mol. The highest BCUT2D eigenvalue weighted by molar-refractivity contribution is 4.57. The Labute approximate surface area is 74.3 Å². The summed E-state index contributed by atoms with van der Waals surface area (Å²) in [5.74, 6) is 0. The Morgan fingerprint density at radius 2 is 0.833 bits per heavy atom. The molecule has 2 atom stereocenters. The Balaban J connectivity index is 4.41. The van der Waals surface area contributed by atoms with Gasteiger partial charge in [-0.1, -0.05) is 0 Å². The molecular formula is C8H20N2O2. The molecule has 4 nitrogen and oxygen atoms in total. The van der Waals surface area contributed by atoms with Crippen LogP contribution in [0.2, 0.25) is 0 Å². The lowest BCUT2D eigenvalue weighted by molar-refractivity contribution is -1.49. The maximum absolute atomic E-state index is 11.5. The van der Waals surface area contributed by atoms with Crippen molar-refractivity contribution in [2.75, 3.05) is 0 Å². The molecule has 0 saturated carbocycles. The van der Waals surface area contributed by atoms with Crippen molar-refractivity contribution in [3.8, 4) is 0 Å². The standard InChI is InChI=1S/C8H20N2O2/c1-7(2,3)9(11)10(12)8(4,5)6/h9-10H,1-6H3. The number of hydroxylamine groups is 2. The summed E-state index contributed by atoms with van der Waals surface area (Å²) in [5.41, 5.74) is -1.10. The molecule has 0 heterocycles. The molecular weight excluding hydrogens is 156 g/mol. The second-order valence-corrected chi connectivity index (χ2v) is 5.16. The molecule has 0 rings (SSSR count). The normalized spacial score (nSPS) is 19.0. The number of nitrogens with one attached hydrogen (secondary N) is 2. The molecule has 4 heteroatoms. The van der Waals surface area contributed by atoms with Gasteiger partial charge in [0.15, 0.2) is 0 Å². The van der Waals surface area contributed by atoms with Gasteiger partial charge in [-0.25, -0.2) is 10.3 Å². The largest absolute Gasteiger partial charge is 0.583 e. The van der Waals surface area contributed by atoms with Crippen molar-refractivity contribution in [2.45, 2.75) is 52.6 Å². The third-order valence-electron chi connectivity index (χ3n) is 1.57. The van der Waals surface area contributed by atoms with Crippen LogP contribution in [0.3, 0.4) is 0 Å². The molecule has 0 aromatic heterocycles. The van der Waals surface area contributed by atoms with Gasteiger partial charge in [-0.15, -0.1) is 0 Å². The Morgan fingerprint density at radius 1 is 0.667 bits per heavy atom. The first-order valence-corrected chi connectivity index (χ1v) is 4.16. The van der Waals surface area contributed by atoms with Crippen molar-refractivity contribution < 1.29 is 10.3 Å². The van der Waals surface area contributed by atoms with Crippen LogP contribution in [-0.2, 0) is 0 Å². The lowest BCUT2D eigenvalue weighted by Crippen LogP contribution is -3.61. The van der Waals surface area contributed by atoms with Crippen LogP contribution in [0.5, 0.6) is 0 Å². The molecule has 0 fully saturated rings. The molecule has 0 saturated heterocycles. The van der Waals surface area contributed by atoms with Crippen LogP contribution in [0.4, 0.5) is 0 Å². The van der Waals surface area contributed by atoms with Gasteiger partial charge >= 0.3 is 0 Å². The number of hydrogen-bond donors (Lipinski definition) is 2. The first-order valence-electron chi connectivity index (χ1n) is 4.16. The van der Waals surface area contributed by atoms with Crippen LogP contribution in [0.1, 0.15) is 41.5 Å². The van der Waals surface area contributed by atoms with E-state index in [0.717, 1.165) is 0 Å². The van der Waals surface area contributed by atoms with Crippen LogP contribution in [0.15, 0.2) is 0 Å².